The van der Waals surface area contributed by atoms with Gasteiger partial charge >= 0.3 is 6.09 Å². The molecular weight excluding hydrogens is 763 g/mol. The lowest BCUT2D eigenvalue weighted by Crippen LogP contribution is -2.50. The van der Waals surface area contributed by atoms with Gasteiger partial charge in [-0.1, -0.05) is 158 Å². The van der Waals surface area contributed by atoms with Crippen LogP contribution in [-0.2, 0) is 32.8 Å². The van der Waals surface area contributed by atoms with Crippen molar-refractivity contribution in [3.05, 3.63) is 192 Å². The molecule has 0 fully saturated rings. The second-order valence-corrected chi connectivity index (χ2v) is 16.0. The minimum Gasteiger partial charge on any atom is -0.444 e. The zero-order chi connectivity index (χ0) is 42.4. The number of alkyl carbamates (subject to hydrolysis) is 1. The van der Waals surface area contributed by atoms with Crippen molar-refractivity contribution in [2.75, 3.05) is 11.4 Å². The Balaban J connectivity index is 1.10. The molecule has 0 radical (unpaired) electrons. The van der Waals surface area contributed by atoms with E-state index in [2.05, 4.69) is 70.4 Å². The molecule has 1 aliphatic heterocycles. The summed E-state index contributed by atoms with van der Waals surface area (Å²) in [6.45, 7) is 5.21. The van der Waals surface area contributed by atoms with E-state index in [1.54, 1.807) is 25.7 Å². The van der Waals surface area contributed by atoms with Crippen LogP contribution >= 0.6 is 0 Å². The maximum absolute atomic E-state index is 14.2. The van der Waals surface area contributed by atoms with Gasteiger partial charge in [0.25, 0.3) is 0 Å². The molecule has 11 heteroatoms. The molecule has 8 rings (SSSR count). The summed E-state index contributed by atoms with van der Waals surface area (Å²) in [4.78, 5) is 41.2. The number of tetrazole rings is 1. The summed E-state index contributed by atoms with van der Waals surface area (Å²) in [7, 11) is 0. The largest absolute Gasteiger partial charge is 0.444 e. The lowest BCUT2D eigenvalue weighted by atomic mass is 9.77. The predicted octanol–water partition coefficient (Wildman–Crippen LogP) is 8.34. The highest BCUT2D eigenvalue weighted by Crippen LogP contribution is 2.43. The first-order valence-corrected chi connectivity index (χ1v) is 20.4. The second-order valence-electron chi connectivity index (χ2n) is 16.0. The molecule has 0 spiro atoms. The van der Waals surface area contributed by atoms with E-state index in [4.69, 9.17) is 15.0 Å². The van der Waals surface area contributed by atoms with Gasteiger partial charge < -0.3 is 20.3 Å². The van der Waals surface area contributed by atoms with E-state index in [0.717, 1.165) is 50.2 Å². The van der Waals surface area contributed by atoms with Crippen LogP contribution in [0.5, 0.6) is 0 Å². The number of carbonyl (C=O) groups excluding carboxylic acids is 3. The van der Waals surface area contributed by atoms with E-state index in [0.29, 0.717) is 18.7 Å². The van der Waals surface area contributed by atoms with Crippen LogP contribution < -0.4 is 15.5 Å². The maximum atomic E-state index is 14.2. The summed E-state index contributed by atoms with van der Waals surface area (Å²) in [5, 5.41) is 19.1. The third-order valence-corrected chi connectivity index (χ3v) is 10.8. The molecule has 1 unspecified atom stereocenters. The summed E-state index contributed by atoms with van der Waals surface area (Å²) >= 11 is 0. The van der Waals surface area contributed by atoms with Crippen molar-refractivity contribution < 1.29 is 19.1 Å². The van der Waals surface area contributed by atoms with Gasteiger partial charge in [-0.2, -0.15) is 0 Å². The number of ether oxygens (including phenoxy) is 1. The van der Waals surface area contributed by atoms with Crippen LogP contribution in [0.1, 0.15) is 55.0 Å². The van der Waals surface area contributed by atoms with Crippen molar-refractivity contribution in [2.45, 2.75) is 57.3 Å². The Morgan fingerprint density at radius 2 is 1.26 bits per heavy atom. The van der Waals surface area contributed by atoms with Crippen LogP contribution in [0.2, 0.25) is 0 Å². The van der Waals surface area contributed by atoms with Crippen molar-refractivity contribution >= 4 is 23.6 Å². The molecule has 0 bridgehead atoms. The van der Waals surface area contributed by atoms with Gasteiger partial charge in [0.2, 0.25) is 11.8 Å². The third kappa shape index (κ3) is 8.54. The van der Waals surface area contributed by atoms with Gasteiger partial charge in [-0.3, -0.25) is 9.59 Å². The number of rotatable bonds is 11. The molecular formula is C50H47N7O4. The lowest BCUT2D eigenvalue weighted by Gasteiger charge is -2.36. The van der Waals surface area contributed by atoms with Crippen LogP contribution in [0.15, 0.2) is 164 Å². The highest BCUT2D eigenvalue weighted by atomic mass is 16.6. The molecule has 0 saturated carbocycles. The average Bonchev–Trinajstić information content (AvgIpc) is 3.73. The standard InChI is InChI=1S/C50H47N7O4/c1-49(2,3)61-48(60)51-33-45(58)52-43-32-31-37-17-13-16-26-44(37)56(47(43)59)34-35-27-29-36(30-28-35)41-24-14-15-25-42(41)46-53-54-55-57(46)50(38-18-7-4-8-19-38,39-20-9-5-10-21-39)40-22-11-6-12-23-40/h4-30,43H,31-34H2,1-3H3,(H,51,60)(H,52,58). The number of anilines is 1. The molecule has 2 N–H and O–H groups in total. The van der Waals surface area contributed by atoms with Gasteiger partial charge in [0.15, 0.2) is 5.82 Å². The number of nitrogens with zero attached hydrogens (tertiary/aromatic N) is 5. The van der Waals surface area contributed by atoms with Crippen molar-refractivity contribution in [1.29, 1.82) is 0 Å². The summed E-state index contributed by atoms with van der Waals surface area (Å²) < 4.78 is 7.20. The minimum absolute atomic E-state index is 0.226. The van der Waals surface area contributed by atoms with Crippen molar-refractivity contribution in [1.82, 2.24) is 30.8 Å². The van der Waals surface area contributed by atoms with Gasteiger partial charge in [0, 0.05) is 11.3 Å². The number of aryl methyl sites for hydroxylation is 1. The molecule has 0 saturated heterocycles. The molecule has 6 aromatic carbocycles. The van der Waals surface area contributed by atoms with Gasteiger partial charge in [-0.05, 0) is 89.1 Å². The number of carbonyl (C=O) groups is 3. The number of nitrogens with one attached hydrogen (secondary N) is 2. The third-order valence-electron chi connectivity index (χ3n) is 10.8. The van der Waals surface area contributed by atoms with Crippen molar-refractivity contribution in [2.24, 2.45) is 0 Å². The Kier molecular flexibility index (Phi) is 11.5. The fourth-order valence-corrected chi connectivity index (χ4v) is 8.11. The summed E-state index contributed by atoms with van der Waals surface area (Å²) in [6, 6.07) is 54.2. The first-order valence-electron chi connectivity index (χ1n) is 20.4. The number of hydrogen-bond acceptors (Lipinski definition) is 7. The van der Waals surface area contributed by atoms with Crippen molar-refractivity contribution in [3.63, 3.8) is 0 Å². The van der Waals surface area contributed by atoms with Crippen LogP contribution in [0.3, 0.4) is 0 Å². The topological polar surface area (TPSA) is 131 Å². The smallest absolute Gasteiger partial charge is 0.408 e. The number of fused-ring (bicyclic) bond motifs is 1. The monoisotopic (exact) mass is 809 g/mol. The Labute approximate surface area is 355 Å². The molecule has 11 nitrogen and oxygen atoms in total. The van der Waals surface area contributed by atoms with E-state index < -0.39 is 29.2 Å². The van der Waals surface area contributed by atoms with E-state index in [-0.39, 0.29) is 19.0 Å². The Bertz CT molecular complexity index is 2530. The molecule has 1 aromatic heterocycles. The number of benzene rings is 6. The van der Waals surface area contributed by atoms with Crippen LogP contribution in [0, 0.1) is 0 Å². The Morgan fingerprint density at radius 3 is 1.87 bits per heavy atom. The second kappa shape index (κ2) is 17.4. The number of hydrogen-bond donors (Lipinski definition) is 2. The molecule has 1 aliphatic rings. The lowest BCUT2D eigenvalue weighted by molar-refractivity contribution is -0.127. The quantitative estimate of drug-likeness (QED) is 0.126. The van der Waals surface area contributed by atoms with E-state index >= 15 is 0 Å². The predicted molar refractivity (Wildman–Crippen MR) is 235 cm³/mol. The van der Waals surface area contributed by atoms with E-state index in [9.17, 15) is 14.4 Å². The SMILES string of the molecule is CC(C)(C)OC(=O)NCC(=O)NC1CCc2ccccc2N(Cc2ccc(-c3ccccc3-c3nnnn3C(c3ccccc3)(c3ccccc3)c3ccccc3)cc2)C1=O. The zero-order valence-electron chi connectivity index (χ0n) is 34.4. The number of para-hydroxylation sites is 1. The summed E-state index contributed by atoms with van der Waals surface area (Å²) in [5.74, 6) is -0.106. The van der Waals surface area contributed by atoms with Crippen LogP contribution in [-0.4, -0.2) is 56.3 Å². The van der Waals surface area contributed by atoms with Gasteiger partial charge in [0.05, 0.1) is 6.54 Å². The highest BCUT2D eigenvalue weighted by Gasteiger charge is 2.42. The van der Waals surface area contributed by atoms with E-state index in [1.165, 1.54) is 0 Å². The Hall–Kier alpha value is -7.40. The fraction of sp³-hybridized carbons (Fsp3) is 0.200. The number of aromatic nitrogens is 4. The molecule has 306 valence electrons. The Morgan fingerprint density at radius 1 is 0.705 bits per heavy atom. The molecule has 61 heavy (non-hydrogen) atoms. The van der Waals surface area contributed by atoms with E-state index in [1.807, 2.05) is 114 Å². The normalized spacial score (nSPS) is 14.1. The minimum atomic E-state index is -0.915. The van der Waals surface area contributed by atoms with Crippen LogP contribution in [0.4, 0.5) is 10.5 Å². The average molecular weight is 810 g/mol. The van der Waals surface area contributed by atoms with Gasteiger partial charge in [-0.25, -0.2) is 9.48 Å². The molecule has 2 heterocycles. The molecule has 1 atom stereocenters. The maximum Gasteiger partial charge on any atom is 0.408 e. The molecule has 0 aliphatic carbocycles. The molecule has 7 aromatic rings. The molecule has 3 amide bonds. The van der Waals surface area contributed by atoms with Crippen molar-refractivity contribution in [3.8, 4) is 22.5 Å². The number of amides is 3. The van der Waals surface area contributed by atoms with Crippen LogP contribution in [0.25, 0.3) is 22.5 Å². The zero-order valence-corrected chi connectivity index (χ0v) is 34.4. The highest BCUT2D eigenvalue weighted by molar-refractivity contribution is 6.00. The summed E-state index contributed by atoms with van der Waals surface area (Å²) in [6.07, 6.45) is 0.311. The summed E-state index contributed by atoms with van der Waals surface area (Å²) in [5.41, 5.74) is 6.86. The van der Waals surface area contributed by atoms with Gasteiger partial charge in [-0.15, -0.1) is 5.10 Å². The van der Waals surface area contributed by atoms with Gasteiger partial charge in [0.1, 0.15) is 23.7 Å². The first-order chi connectivity index (χ1) is 29.6. The first kappa shape index (κ1) is 40.4. The fourth-order valence-electron chi connectivity index (χ4n) is 8.11.